The van der Waals surface area contributed by atoms with Gasteiger partial charge in [-0.05, 0) is 36.4 Å². The van der Waals surface area contributed by atoms with Crippen molar-refractivity contribution in [3.8, 4) is 11.5 Å². The van der Waals surface area contributed by atoms with Crippen LogP contribution in [-0.2, 0) is 4.79 Å². The number of carbonyl (C=O) groups is 1. The Labute approximate surface area is 133 Å². The van der Waals surface area contributed by atoms with Gasteiger partial charge in [0.2, 0.25) is 0 Å². The second kappa shape index (κ2) is 6.31. The van der Waals surface area contributed by atoms with E-state index in [1.807, 2.05) is 24.3 Å². The van der Waals surface area contributed by atoms with Crippen LogP contribution in [0.25, 0.3) is 0 Å². The van der Waals surface area contributed by atoms with Crippen LogP contribution in [-0.4, -0.2) is 24.7 Å². The lowest BCUT2D eigenvalue weighted by atomic mass is 10.2. The molecule has 2 aromatic carbocycles. The minimum absolute atomic E-state index is 0.151. The summed E-state index contributed by atoms with van der Waals surface area (Å²) in [4.78, 5) is 12.8. The summed E-state index contributed by atoms with van der Waals surface area (Å²) >= 11 is 0. The first-order chi connectivity index (χ1) is 11.2. The van der Waals surface area contributed by atoms with Gasteiger partial charge in [0.25, 0.3) is 0 Å². The van der Waals surface area contributed by atoms with Crippen molar-refractivity contribution in [1.82, 2.24) is 0 Å². The number of hydrogen-bond acceptors (Lipinski definition) is 5. The van der Waals surface area contributed by atoms with Crippen LogP contribution in [0.1, 0.15) is 0 Å². The summed E-state index contributed by atoms with van der Waals surface area (Å²) in [5, 5.41) is 12.3. The predicted molar refractivity (Wildman–Crippen MR) is 86.8 cm³/mol. The minimum Gasteiger partial charge on any atom is -0.497 e. The van der Waals surface area contributed by atoms with Crippen molar-refractivity contribution in [2.45, 2.75) is 0 Å². The fourth-order valence-electron chi connectivity index (χ4n) is 2.33. The van der Waals surface area contributed by atoms with Gasteiger partial charge >= 0.3 is 5.97 Å². The van der Waals surface area contributed by atoms with E-state index in [1.165, 1.54) is 6.26 Å². The summed E-state index contributed by atoms with van der Waals surface area (Å²) in [6, 6.07) is 14.6. The van der Waals surface area contributed by atoms with Crippen molar-refractivity contribution in [3.05, 3.63) is 60.6 Å². The fourth-order valence-corrected chi connectivity index (χ4v) is 2.33. The zero-order valence-corrected chi connectivity index (χ0v) is 12.5. The summed E-state index contributed by atoms with van der Waals surface area (Å²) in [7, 11) is 1.60. The molecule has 0 atom stereocenters. The van der Waals surface area contributed by atoms with Crippen LogP contribution in [0.15, 0.2) is 60.6 Å². The molecule has 0 bridgehead atoms. The highest BCUT2D eigenvalue weighted by molar-refractivity contribution is 5.85. The van der Waals surface area contributed by atoms with Gasteiger partial charge in [-0.3, -0.25) is 4.79 Å². The Hall–Kier alpha value is -3.15. The van der Waals surface area contributed by atoms with E-state index in [4.69, 9.17) is 14.6 Å². The lowest BCUT2D eigenvalue weighted by Crippen LogP contribution is -2.28. The van der Waals surface area contributed by atoms with Crippen LogP contribution < -0.4 is 19.7 Å². The van der Waals surface area contributed by atoms with Crippen molar-refractivity contribution in [1.29, 1.82) is 0 Å². The molecular weight excluding hydrogens is 296 g/mol. The van der Waals surface area contributed by atoms with Gasteiger partial charge in [-0.1, -0.05) is 12.1 Å². The van der Waals surface area contributed by atoms with E-state index in [0.717, 1.165) is 17.1 Å². The smallest absolute Gasteiger partial charge is 0.323 e. The Kier molecular flexibility index (Phi) is 4.05. The first-order valence-electron chi connectivity index (χ1n) is 7.03. The number of aliphatic carboxylic acids is 1. The highest BCUT2D eigenvalue weighted by Gasteiger charge is 2.25. The molecule has 2 aromatic rings. The second-order valence-electron chi connectivity index (χ2n) is 4.92. The van der Waals surface area contributed by atoms with E-state index >= 15 is 0 Å². The monoisotopic (exact) mass is 312 g/mol. The number of rotatable bonds is 5. The predicted octanol–water partition coefficient (Wildman–Crippen LogP) is 2.89. The first kappa shape index (κ1) is 14.8. The van der Waals surface area contributed by atoms with Gasteiger partial charge in [-0.15, -0.1) is 0 Å². The van der Waals surface area contributed by atoms with Crippen molar-refractivity contribution < 1.29 is 19.4 Å². The molecule has 3 rings (SSSR count). The number of para-hydroxylation sites is 2. The van der Waals surface area contributed by atoms with Gasteiger partial charge in [0, 0.05) is 0 Å². The van der Waals surface area contributed by atoms with Gasteiger partial charge in [0.15, 0.2) is 0 Å². The van der Waals surface area contributed by atoms with E-state index < -0.39 is 5.97 Å². The molecular formula is C17H16N2O4. The quantitative estimate of drug-likeness (QED) is 0.827. The maximum Gasteiger partial charge on any atom is 0.323 e. The summed E-state index contributed by atoms with van der Waals surface area (Å²) in [6.45, 7) is -0.151. The molecule has 0 spiro atoms. The molecule has 1 aliphatic rings. The molecule has 1 aliphatic heterocycles. The zero-order valence-electron chi connectivity index (χ0n) is 12.5. The van der Waals surface area contributed by atoms with Gasteiger partial charge in [-0.2, -0.15) is 0 Å². The number of carboxylic acids is 1. The third-order valence-electron chi connectivity index (χ3n) is 3.41. The lowest BCUT2D eigenvalue weighted by molar-refractivity contribution is -0.135. The van der Waals surface area contributed by atoms with Crippen LogP contribution in [0, 0.1) is 0 Å². The van der Waals surface area contributed by atoms with E-state index in [9.17, 15) is 4.79 Å². The molecule has 2 N–H and O–H groups in total. The molecule has 118 valence electrons. The standard InChI is InChI=1S/C17H16N2O4/c1-22-12-6-8-13(9-7-12)23-11-16-18-14-4-2-3-5-15(14)19(16)10-17(20)21/h2-9,11,18H,10H2,1H3,(H,20,21). The number of hydrogen-bond donors (Lipinski definition) is 2. The average Bonchev–Trinajstić information content (AvgIpc) is 2.91. The van der Waals surface area contributed by atoms with Crippen molar-refractivity contribution >= 4 is 17.3 Å². The van der Waals surface area contributed by atoms with Crippen LogP contribution in [0.5, 0.6) is 11.5 Å². The summed E-state index contributed by atoms with van der Waals surface area (Å²) in [5.74, 6) is 1.03. The molecule has 0 fully saturated rings. The first-order valence-corrected chi connectivity index (χ1v) is 7.03. The summed E-state index contributed by atoms with van der Waals surface area (Å²) < 4.78 is 10.7. The highest BCUT2D eigenvalue weighted by atomic mass is 16.5. The number of ether oxygens (including phenoxy) is 2. The Morgan fingerprint density at radius 3 is 2.57 bits per heavy atom. The van der Waals surface area contributed by atoms with Crippen molar-refractivity contribution in [2.75, 3.05) is 23.9 Å². The molecule has 0 unspecified atom stereocenters. The summed E-state index contributed by atoms with van der Waals surface area (Å²) in [5.41, 5.74) is 1.65. The average molecular weight is 312 g/mol. The highest BCUT2D eigenvalue weighted by Crippen LogP contribution is 2.35. The molecule has 0 radical (unpaired) electrons. The molecule has 0 aliphatic carbocycles. The number of anilines is 2. The molecule has 1 heterocycles. The Morgan fingerprint density at radius 1 is 1.17 bits per heavy atom. The maximum atomic E-state index is 11.1. The van der Waals surface area contributed by atoms with Crippen molar-refractivity contribution in [2.24, 2.45) is 0 Å². The molecule has 6 heteroatoms. The Balaban J connectivity index is 1.81. The summed E-state index contributed by atoms with van der Waals surface area (Å²) in [6.07, 6.45) is 1.50. The van der Waals surface area contributed by atoms with Gasteiger partial charge < -0.3 is 24.8 Å². The molecule has 0 saturated carbocycles. The number of benzene rings is 2. The molecule has 0 amide bonds. The SMILES string of the molecule is COc1ccc(OC=C2Nc3ccccc3N2CC(=O)O)cc1. The van der Waals surface area contributed by atoms with Crippen LogP contribution in [0.3, 0.4) is 0 Å². The Morgan fingerprint density at radius 2 is 1.87 bits per heavy atom. The van der Waals surface area contributed by atoms with Crippen molar-refractivity contribution in [3.63, 3.8) is 0 Å². The largest absolute Gasteiger partial charge is 0.497 e. The topological polar surface area (TPSA) is 71.0 Å². The minimum atomic E-state index is -0.918. The third-order valence-corrected chi connectivity index (χ3v) is 3.41. The molecule has 23 heavy (non-hydrogen) atoms. The number of nitrogens with one attached hydrogen (secondary N) is 1. The van der Waals surface area contributed by atoms with Gasteiger partial charge in [0.05, 0.1) is 18.5 Å². The molecule has 6 nitrogen and oxygen atoms in total. The Bertz CT molecular complexity index is 741. The van der Waals surface area contributed by atoms with Gasteiger partial charge in [0.1, 0.15) is 30.1 Å². The normalized spacial score (nSPS) is 14.3. The van der Waals surface area contributed by atoms with Crippen LogP contribution >= 0.6 is 0 Å². The van der Waals surface area contributed by atoms with E-state index in [-0.39, 0.29) is 6.54 Å². The van der Waals surface area contributed by atoms with E-state index in [2.05, 4.69) is 5.32 Å². The van der Waals surface area contributed by atoms with E-state index in [0.29, 0.717) is 11.6 Å². The molecule has 0 saturated heterocycles. The van der Waals surface area contributed by atoms with E-state index in [1.54, 1.807) is 36.3 Å². The van der Waals surface area contributed by atoms with Crippen LogP contribution in [0.4, 0.5) is 11.4 Å². The number of methoxy groups -OCH3 is 1. The number of fused-ring (bicyclic) bond motifs is 1. The van der Waals surface area contributed by atoms with Crippen LogP contribution in [0.2, 0.25) is 0 Å². The van der Waals surface area contributed by atoms with Gasteiger partial charge in [-0.25, -0.2) is 0 Å². The lowest BCUT2D eigenvalue weighted by Gasteiger charge is -2.17. The molecule has 0 aromatic heterocycles. The third kappa shape index (κ3) is 3.21. The number of nitrogens with zero attached hydrogens (tertiary/aromatic N) is 1. The fraction of sp³-hybridized carbons (Fsp3) is 0.118. The number of carboxylic acid groups (broad SMARTS) is 1. The second-order valence-corrected chi connectivity index (χ2v) is 4.92. The zero-order chi connectivity index (χ0) is 16.2. The maximum absolute atomic E-state index is 11.1.